The SMILES string of the molecule is CC(C)c1noc(C(C)Sc2nnc(-c3ccc(C(C)(C)C)cc3)o2)n1. The zero-order valence-corrected chi connectivity index (χ0v) is 16.8. The molecule has 2 aromatic heterocycles. The minimum absolute atomic E-state index is 0.0634. The number of thioether (sulfide) groups is 1. The smallest absolute Gasteiger partial charge is 0.277 e. The fraction of sp³-hybridized carbons (Fsp3) is 0.474. The molecule has 26 heavy (non-hydrogen) atoms. The van der Waals surface area contributed by atoms with Gasteiger partial charge in [0.25, 0.3) is 5.22 Å². The summed E-state index contributed by atoms with van der Waals surface area (Å²) in [5.74, 6) is 2.01. The molecule has 0 radical (unpaired) electrons. The van der Waals surface area contributed by atoms with Crippen molar-refractivity contribution < 1.29 is 8.94 Å². The molecule has 6 nitrogen and oxygen atoms in total. The fourth-order valence-electron chi connectivity index (χ4n) is 2.34. The lowest BCUT2D eigenvalue weighted by molar-refractivity contribution is 0.372. The highest BCUT2D eigenvalue weighted by Gasteiger charge is 2.20. The van der Waals surface area contributed by atoms with Crippen LogP contribution in [0.2, 0.25) is 0 Å². The second-order valence-electron chi connectivity index (χ2n) is 7.61. The summed E-state index contributed by atoms with van der Waals surface area (Å²) in [5.41, 5.74) is 2.29. The van der Waals surface area contributed by atoms with E-state index >= 15 is 0 Å². The van der Waals surface area contributed by atoms with Crippen LogP contribution in [-0.4, -0.2) is 20.3 Å². The van der Waals surface area contributed by atoms with Gasteiger partial charge < -0.3 is 8.94 Å². The van der Waals surface area contributed by atoms with Crippen LogP contribution in [0.15, 0.2) is 38.4 Å². The third-order valence-corrected chi connectivity index (χ3v) is 4.93. The molecule has 0 fully saturated rings. The summed E-state index contributed by atoms with van der Waals surface area (Å²) < 4.78 is 11.1. The fourth-order valence-corrected chi connectivity index (χ4v) is 3.05. The predicted octanol–water partition coefficient (Wildman–Crippen LogP) is 5.39. The minimum Gasteiger partial charge on any atom is -0.411 e. The van der Waals surface area contributed by atoms with E-state index in [-0.39, 0.29) is 16.6 Å². The molecule has 1 unspecified atom stereocenters. The van der Waals surface area contributed by atoms with Crippen LogP contribution in [0.4, 0.5) is 0 Å². The molecule has 3 aromatic rings. The van der Waals surface area contributed by atoms with Crippen molar-refractivity contribution in [3.8, 4) is 11.5 Å². The summed E-state index contributed by atoms with van der Waals surface area (Å²) in [6.45, 7) is 12.6. The van der Waals surface area contributed by atoms with Gasteiger partial charge in [0.2, 0.25) is 11.8 Å². The molecule has 0 saturated carbocycles. The summed E-state index contributed by atoms with van der Waals surface area (Å²) >= 11 is 1.41. The second kappa shape index (κ2) is 7.23. The maximum atomic E-state index is 5.79. The van der Waals surface area contributed by atoms with Crippen molar-refractivity contribution in [1.82, 2.24) is 20.3 Å². The Hall–Kier alpha value is -2.15. The second-order valence-corrected chi connectivity index (χ2v) is 8.90. The van der Waals surface area contributed by atoms with Crippen molar-refractivity contribution in [3.05, 3.63) is 41.5 Å². The molecule has 0 spiro atoms. The number of hydrogen-bond donors (Lipinski definition) is 0. The van der Waals surface area contributed by atoms with E-state index < -0.39 is 0 Å². The van der Waals surface area contributed by atoms with Crippen molar-refractivity contribution in [1.29, 1.82) is 0 Å². The number of hydrogen-bond acceptors (Lipinski definition) is 7. The first-order valence-corrected chi connectivity index (χ1v) is 9.56. The van der Waals surface area contributed by atoms with E-state index in [2.05, 4.69) is 53.2 Å². The van der Waals surface area contributed by atoms with E-state index in [4.69, 9.17) is 8.94 Å². The molecular weight excluding hydrogens is 348 g/mol. The maximum absolute atomic E-state index is 5.79. The van der Waals surface area contributed by atoms with E-state index in [1.807, 2.05) is 32.9 Å². The van der Waals surface area contributed by atoms with E-state index in [1.165, 1.54) is 17.3 Å². The Labute approximate surface area is 157 Å². The Morgan fingerprint density at radius 2 is 1.69 bits per heavy atom. The van der Waals surface area contributed by atoms with Gasteiger partial charge in [-0.15, -0.1) is 10.2 Å². The highest BCUT2D eigenvalue weighted by atomic mass is 32.2. The monoisotopic (exact) mass is 372 g/mol. The van der Waals surface area contributed by atoms with Crippen LogP contribution in [-0.2, 0) is 5.41 Å². The highest BCUT2D eigenvalue weighted by molar-refractivity contribution is 7.99. The average molecular weight is 372 g/mol. The van der Waals surface area contributed by atoms with Crippen LogP contribution in [0.25, 0.3) is 11.5 Å². The Kier molecular flexibility index (Phi) is 5.18. The van der Waals surface area contributed by atoms with E-state index in [1.54, 1.807) is 0 Å². The van der Waals surface area contributed by atoms with Crippen LogP contribution < -0.4 is 0 Å². The molecule has 2 heterocycles. The van der Waals surface area contributed by atoms with E-state index in [9.17, 15) is 0 Å². The van der Waals surface area contributed by atoms with Gasteiger partial charge in [0.15, 0.2) is 5.82 Å². The molecule has 1 atom stereocenters. The molecule has 0 aliphatic carbocycles. The van der Waals surface area contributed by atoms with E-state index in [0.717, 1.165) is 5.56 Å². The van der Waals surface area contributed by atoms with Gasteiger partial charge in [-0.1, -0.05) is 63.7 Å². The molecule has 0 N–H and O–H groups in total. The third-order valence-electron chi connectivity index (χ3n) is 4.00. The topological polar surface area (TPSA) is 77.8 Å². The molecule has 0 amide bonds. The Bertz CT molecular complexity index is 862. The van der Waals surface area contributed by atoms with Crippen LogP contribution >= 0.6 is 11.8 Å². The van der Waals surface area contributed by atoms with Crippen molar-refractivity contribution >= 4 is 11.8 Å². The van der Waals surface area contributed by atoms with Gasteiger partial charge in [-0.05, 0) is 30.0 Å². The molecule has 0 bridgehead atoms. The van der Waals surface area contributed by atoms with Crippen molar-refractivity contribution in [2.24, 2.45) is 0 Å². The van der Waals surface area contributed by atoms with Crippen LogP contribution in [0.3, 0.4) is 0 Å². The normalized spacial score (nSPS) is 13.3. The molecule has 138 valence electrons. The third kappa shape index (κ3) is 4.15. The summed E-state index contributed by atoms with van der Waals surface area (Å²) in [4.78, 5) is 4.42. The lowest BCUT2D eigenvalue weighted by Crippen LogP contribution is -2.10. The molecule has 0 saturated heterocycles. The average Bonchev–Trinajstić information content (AvgIpc) is 3.23. The molecule has 1 aromatic carbocycles. The van der Waals surface area contributed by atoms with Crippen LogP contribution in [0.5, 0.6) is 0 Å². The number of nitrogens with zero attached hydrogens (tertiary/aromatic N) is 4. The minimum atomic E-state index is -0.0634. The Morgan fingerprint density at radius 3 is 2.27 bits per heavy atom. The Balaban J connectivity index is 1.71. The van der Waals surface area contributed by atoms with Gasteiger partial charge in [-0.2, -0.15) is 4.98 Å². The standard InChI is InChI=1S/C19H24N4O2S/c1-11(2)15-20-16(25-23-15)12(3)26-18-22-21-17(24-18)13-7-9-14(10-8-13)19(4,5)6/h7-12H,1-6H3. The highest BCUT2D eigenvalue weighted by Crippen LogP contribution is 2.35. The molecular formula is C19H24N4O2S. The first-order valence-electron chi connectivity index (χ1n) is 8.68. The zero-order chi connectivity index (χ0) is 18.9. The number of rotatable bonds is 5. The first kappa shape index (κ1) is 18.6. The molecule has 3 rings (SSSR count). The largest absolute Gasteiger partial charge is 0.411 e. The van der Waals surface area contributed by atoms with Gasteiger partial charge >= 0.3 is 0 Å². The molecule has 0 aliphatic heterocycles. The van der Waals surface area contributed by atoms with Gasteiger partial charge in [-0.3, -0.25) is 0 Å². The quantitative estimate of drug-likeness (QED) is 0.555. The Morgan fingerprint density at radius 1 is 1.00 bits per heavy atom. The first-order chi connectivity index (χ1) is 12.2. The van der Waals surface area contributed by atoms with Crippen LogP contribution in [0, 0.1) is 0 Å². The van der Waals surface area contributed by atoms with Gasteiger partial charge in [0, 0.05) is 11.5 Å². The lowest BCUT2D eigenvalue weighted by Gasteiger charge is -2.18. The number of aromatic nitrogens is 4. The van der Waals surface area contributed by atoms with E-state index in [0.29, 0.717) is 22.8 Å². The van der Waals surface area contributed by atoms with Gasteiger partial charge in [0.1, 0.15) is 0 Å². The summed E-state index contributed by atoms with van der Waals surface area (Å²) in [6, 6.07) is 8.22. The number of benzene rings is 1. The molecule has 0 aliphatic rings. The molecule has 7 heteroatoms. The van der Waals surface area contributed by atoms with Crippen LogP contribution in [0.1, 0.15) is 70.0 Å². The van der Waals surface area contributed by atoms with Crippen molar-refractivity contribution in [2.45, 2.75) is 63.3 Å². The van der Waals surface area contributed by atoms with Gasteiger partial charge in [0.05, 0.1) is 5.25 Å². The maximum Gasteiger partial charge on any atom is 0.277 e. The predicted molar refractivity (Wildman–Crippen MR) is 101 cm³/mol. The van der Waals surface area contributed by atoms with Crippen molar-refractivity contribution in [2.75, 3.05) is 0 Å². The van der Waals surface area contributed by atoms with Crippen molar-refractivity contribution in [3.63, 3.8) is 0 Å². The summed E-state index contributed by atoms with van der Waals surface area (Å²) in [7, 11) is 0. The summed E-state index contributed by atoms with van der Waals surface area (Å²) in [6.07, 6.45) is 0. The lowest BCUT2D eigenvalue weighted by atomic mass is 9.87. The summed E-state index contributed by atoms with van der Waals surface area (Å²) in [5, 5.41) is 12.7. The van der Waals surface area contributed by atoms with Gasteiger partial charge in [-0.25, -0.2) is 0 Å². The zero-order valence-electron chi connectivity index (χ0n) is 16.0.